The number of rotatable bonds is 1. The molecule has 4 nitrogen and oxygen atoms in total. The van der Waals surface area contributed by atoms with Crippen molar-refractivity contribution < 1.29 is 9.84 Å². The Bertz CT molecular complexity index is 865. The summed E-state index contributed by atoms with van der Waals surface area (Å²) >= 11 is 12.7. The lowest BCUT2D eigenvalue weighted by Gasteiger charge is -2.29. The van der Waals surface area contributed by atoms with E-state index in [4.69, 9.17) is 33.7 Å². The van der Waals surface area contributed by atoms with E-state index in [-0.39, 0.29) is 17.2 Å². The van der Waals surface area contributed by atoms with Crippen LogP contribution in [0, 0.1) is 18.3 Å². The standard InChI is InChI=1S/C17H12Cl2N2O2/c1-8-5-9(22)6-13-14(8)15(10(7-20)17(21)23-13)16-11(18)3-2-4-12(16)19/h2-6,15,22H,21H2,1H3. The number of benzene rings is 2. The van der Waals surface area contributed by atoms with E-state index in [1.165, 1.54) is 6.07 Å². The molecule has 0 spiro atoms. The highest BCUT2D eigenvalue weighted by atomic mass is 35.5. The average molecular weight is 347 g/mol. The Morgan fingerprint density at radius 1 is 1.22 bits per heavy atom. The fourth-order valence-electron chi connectivity index (χ4n) is 2.86. The second kappa shape index (κ2) is 5.69. The topological polar surface area (TPSA) is 79.3 Å². The summed E-state index contributed by atoms with van der Waals surface area (Å²) in [5, 5.41) is 20.2. The molecule has 0 saturated carbocycles. The zero-order valence-corrected chi connectivity index (χ0v) is 13.6. The summed E-state index contributed by atoms with van der Waals surface area (Å²) in [6.45, 7) is 1.82. The maximum atomic E-state index is 9.79. The van der Waals surface area contributed by atoms with Crippen molar-refractivity contribution in [2.45, 2.75) is 12.8 Å². The van der Waals surface area contributed by atoms with E-state index in [9.17, 15) is 10.4 Å². The van der Waals surface area contributed by atoms with Gasteiger partial charge in [-0.2, -0.15) is 5.26 Å². The second-order valence-electron chi connectivity index (χ2n) is 5.23. The largest absolute Gasteiger partial charge is 0.508 e. The van der Waals surface area contributed by atoms with Gasteiger partial charge in [-0.15, -0.1) is 0 Å². The first kappa shape index (κ1) is 15.5. The van der Waals surface area contributed by atoms with E-state index < -0.39 is 5.92 Å². The van der Waals surface area contributed by atoms with Gasteiger partial charge in [0.1, 0.15) is 23.1 Å². The van der Waals surface area contributed by atoms with Gasteiger partial charge in [-0.1, -0.05) is 29.3 Å². The normalized spacial score (nSPS) is 16.5. The van der Waals surface area contributed by atoms with Crippen molar-refractivity contribution in [3.63, 3.8) is 0 Å². The van der Waals surface area contributed by atoms with Crippen LogP contribution < -0.4 is 10.5 Å². The first-order chi connectivity index (χ1) is 10.9. The van der Waals surface area contributed by atoms with Gasteiger partial charge < -0.3 is 15.6 Å². The first-order valence-corrected chi connectivity index (χ1v) is 7.54. The van der Waals surface area contributed by atoms with E-state index in [0.717, 1.165) is 5.56 Å². The van der Waals surface area contributed by atoms with Gasteiger partial charge in [0.05, 0.1) is 5.92 Å². The Morgan fingerprint density at radius 2 is 1.87 bits per heavy atom. The fourth-order valence-corrected chi connectivity index (χ4v) is 3.47. The summed E-state index contributed by atoms with van der Waals surface area (Å²) in [4.78, 5) is 0. The lowest BCUT2D eigenvalue weighted by atomic mass is 9.81. The minimum atomic E-state index is -0.550. The summed E-state index contributed by atoms with van der Waals surface area (Å²) in [6, 6.07) is 10.3. The number of allylic oxidation sites excluding steroid dienone is 1. The van der Waals surface area contributed by atoms with Crippen molar-refractivity contribution in [2.75, 3.05) is 0 Å². The van der Waals surface area contributed by atoms with Crippen molar-refractivity contribution >= 4 is 23.2 Å². The maximum Gasteiger partial charge on any atom is 0.205 e. The van der Waals surface area contributed by atoms with E-state index in [2.05, 4.69) is 6.07 Å². The molecule has 0 saturated heterocycles. The van der Waals surface area contributed by atoms with Crippen LogP contribution in [-0.4, -0.2) is 5.11 Å². The summed E-state index contributed by atoms with van der Waals surface area (Å²) in [7, 11) is 0. The summed E-state index contributed by atoms with van der Waals surface area (Å²) < 4.78 is 5.52. The smallest absolute Gasteiger partial charge is 0.205 e. The molecule has 2 aromatic carbocycles. The van der Waals surface area contributed by atoms with Crippen LogP contribution in [0.1, 0.15) is 22.6 Å². The van der Waals surface area contributed by atoms with E-state index in [1.807, 2.05) is 6.92 Å². The number of nitrogens with zero attached hydrogens (tertiary/aromatic N) is 1. The van der Waals surface area contributed by atoms with Crippen molar-refractivity contribution in [1.29, 1.82) is 5.26 Å². The zero-order valence-electron chi connectivity index (χ0n) is 12.1. The number of halogens is 2. The molecule has 1 aliphatic heterocycles. The number of hydrogen-bond acceptors (Lipinski definition) is 4. The maximum absolute atomic E-state index is 9.79. The fraction of sp³-hybridized carbons (Fsp3) is 0.118. The van der Waals surface area contributed by atoms with Gasteiger partial charge in [0.15, 0.2) is 0 Å². The van der Waals surface area contributed by atoms with Gasteiger partial charge in [0.2, 0.25) is 5.88 Å². The highest BCUT2D eigenvalue weighted by molar-refractivity contribution is 6.36. The molecule has 3 N–H and O–H groups in total. The lowest BCUT2D eigenvalue weighted by molar-refractivity contribution is 0.387. The Hall–Kier alpha value is -2.35. The Morgan fingerprint density at radius 3 is 2.48 bits per heavy atom. The Labute approximate surface area is 143 Å². The summed E-state index contributed by atoms with van der Waals surface area (Å²) in [6.07, 6.45) is 0. The Kier molecular flexibility index (Phi) is 3.85. The number of hydrogen-bond donors (Lipinski definition) is 2. The average Bonchev–Trinajstić information content (AvgIpc) is 2.46. The van der Waals surface area contributed by atoms with Gasteiger partial charge >= 0.3 is 0 Å². The molecule has 23 heavy (non-hydrogen) atoms. The van der Waals surface area contributed by atoms with Gasteiger partial charge in [0, 0.05) is 27.2 Å². The van der Waals surface area contributed by atoms with E-state index in [0.29, 0.717) is 26.9 Å². The van der Waals surface area contributed by atoms with Crippen LogP contribution in [0.15, 0.2) is 41.8 Å². The molecule has 0 fully saturated rings. The van der Waals surface area contributed by atoms with Gasteiger partial charge in [-0.25, -0.2) is 0 Å². The monoisotopic (exact) mass is 346 g/mol. The zero-order chi connectivity index (χ0) is 16.7. The van der Waals surface area contributed by atoms with Crippen molar-refractivity contribution in [3.05, 3.63) is 68.5 Å². The number of aromatic hydroxyl groups is 1. The van der Waals surface area contributed by atoms with Crippen LogP contribution in [-0.2, 0) is 0 Å². The molecule has 1 heterocycles. The number of phenols is 1. The minimum absolute atomic E-state index is 0.0222. The molecule has 2 aromatic rings. The van der Waals surface area contributed by atoms with E-state index >= 15 is 0 Å². The van der Waals surface area contributed by atoms with Crippen LogP contribution >= 0.6 is 23.2 Å². The molecule has 116 valence electrons. The minimum Gasteiger partial charge on any atom is -0.508 e. The molecule has 0 radical (unpaired) electrons. The van der Waals surface area contributed by atoms with E-state index in [1.54, 1.807) is 24.3 Å². The lowest BCUT2D eigenvalue weighted by Crippen LogP contribution is -2.22. The molecule has 0 aliphatic carbocycles. The summed E-state index contributed by atoms with van der Waals surface area (Å²) in [5.74, 6) is -0.130. The third-order valence-corrected chi connectivity index (χ3v) is 4.46. The molecule has 0 aromatic heterocycles. The van der Waals surface area contributed by atoms with Crippen molar-refractivity contribution in [3.8, 4) is 17.6 Å². The molecule has 0 bridgehead atoms. The third-order valence-electron chi connectivity index (χ3n) is 3.81. The predicted octanol–water partition coefficient (Wildman–Crippen LogP) is 4.23. The van der Waals surface area contributed by atoms with Crippen LogP contribution in [0.25, 0.3) is 0 Å². The number of fused-ring (bicyclic) bond motifs is 1. The number of nitrogens with two attached hydrogens (primary N) is 1. The van der Waals surface area contributed by atoms with Crippen molar-refractivity contribution in [2.24, 2.45) is 5.73 Å². The molecule has 1 unspecified atom stereocenters. The van der Waals surface area contributed by atoms with Crippen LogP contribution in [0.3, 0.4) is 0 Å². The number of aryl methyl sites for hydroxylation is 1. The van der Waals surface area contributed by atoms with Gasteiger partial charge in [-0.05, 0) is 30.7 Å². The SMILES string of the molecule is Cc1cc(O)cc2c1C(c1c(Cl)cccc1Cl)C(C#N)=C(N)O2. The molecule has 3 rings (SSSR count). The summed E-state index contributed by atoms with van der Waals surface area (Å²) in [5.41, 5.74) is 8.19. The molecule has 1 aliphatic rings. The molecule has 0 amide bonds. The van der Waals surface area contributed by atoms with Crippen molar-refractivity contribution in [1.82, 2.24) is 0 Å². The number of phenolic OH excluding ortho intramolecular Hbond substituents is 1. The highest BCUT2D eigenvalue weighted by Gasteiger charge is 2.34. The molecule has 1 atom stereocenters. The van der Waals surface area contributed by atoms with Crippen LogP contribution in [0.4, 0.5) is 0 Å². The second-order valence-corrected chi connectivity index (χ2v) is 6.05. The molecular weight excluding hydrogens is 335 g/mol. The highest BCUT2D eigenvalue weighted by Crippen LogP contribution is 2.48. The van der Waals surface area contributed by atoms with Gasteiger partial charge in [0.25, 0.3) is 0 Å². The number of nitriles is 1. The molecule has 6 heteroatoms. The Balaban J connectivity index is 2.37. The first-order valence-electron chi connectivity index (χ1n) is 6.79. The van der Waals surface area contributed by atoms with Crippen LogP contribution in [0.5, 0.6) is 11.5 Å². The quantitative estimate of drug-likeness (QED) is 0.809. The number of ether oxygens (including phenoxy) is 1. The predicted molar refractivity (Wildman–Crippen MR) is 88.6 cm³/mol. The van der Waals surface area contributed by atoms with Crippen LogP contribution in [0.2, 0.25) is 10.0 Å². The third kappa shape index (κ3) is 2.48. The molecular formula is C17H12Cl2N2O2. The van der Waals surface area contributed by atoms with Gasteiger partial charge in [-0.3, -0.25) is 0 Å².